The number of allylic oxidation sites excluding steroid dienone is 2. The summed E-state index contributed by atoms with van der Waals surface area (Å²) in [4.78, 5) is 9.42. The van der Waals surface area contributed by atoms with Crippen LogP contribution in [0.2, 0.25) is 0 Å². The molecule has 1 aromatic heterocycles. The lowest BCUT2D eigenvalue weighted by Gasteiger charge is -2.63. The number of hydrogen-bond acceptors (Lipinski definition) is 4. The number of aromatic amines is 1. The van der Waals surface area contributed by atoms with E-state index in [1.54, 1.807) is 5.57 Å². The molecule has 5 saturated heterocycles. The van der Waals surface area contributed by atoms with E-state index < -0.39 is 0 Å². The molecule has 1 spiro atoms. The van der Waals surface area contributed by atoms with Gasteiger partial charge in [0.25, 0.3) is 0 Å². The minimum Gasteiger partial charge on any atom is -0.632 e. The number of benzene rings is 2. The summed E-state index contributed by atoms with van der Waals surface area (Å²) in [5.74, 6) is 1.16. The van der Waals surface area contributed by atoms with Crippen molar-refractivity contribution in [1.82, 2.24) is 9.88 Å². The summed E-state index contributed by atoms with van der Waals surface area (Å²) in [6.07, 6.45) is 10.9. The third-order valence-corrected chi connectivity index (χ3v) is 13.9. The lowest BCUT2D eigenvalue weighted by atomic mass is 9.57. The largest absolute Gasteiger partial charge is 0.632 e. The molecule has 12 rings (SSSR count). The predicted molar refractivity (Wildman–Crippen MR) is 172 cm³/mol. The van der Waals surface area contributed by atoms with E-state index in [1.807, 2.05) is 0 Å². The summed E-state index contributed by atoms with van der Waals surface area (Å²) in [6, 6.07) is 19.2. The van der Waals surface area contributed by atoms with E-state index in [0.717, 1.165) is 38.8 Å². The van der Waals surface area contributed by atoms with Gasteiger partial charge < -0.3 is 24.5 Å². The maximum Gasteiger partial charge on any atom is 0.176 e. The van der Waals surface area contributed by atoms with Crippen LogP contribution in [-0.2, 0) is 16.6 Å². The lowest BCUT2D eigenvalue weighted by molar-refractivity contribution is -0.896. The van der Waals surface area contributed by atoms with E-state index in [1.165, 1.54) is 44.6 Å². The quantitative estimate of drug-likeness (QED) is 0.203. The molecule has 2 aromatic carbocycles. The average molecular weight is 585 g/mol. The summed E-state index contributed by atoms with van der Waals surface area (Å²) in [7, 11) is 0. The van der Waals surface area contributed by atoms with Crippen molar-refractivity contribution >= 4 is 16.6 Å². The molecule has 9 heterocycles. The molecule has 3 aromatic rings. The number of hydroxylamine groups is 3. The highest BCUT2D eigenvalue weighted by atomic mass is 16.6. The molecule has 11 atom stereocenters. The molecule has 6 bridgehead atoms. The van der Waals surface area contributed by atoms with Gasteiger partial charge in [-0.2, -0.15) is 0 Å². The standard InChI is InChI=1S/C38H40N4O2/c1-3-21-18-40-31-16-26-23-9-5-7-11-29(23)39-35(26)32(40)15-25(21)34(31)37-41-30-12-8-6-10-28(30)38-13-14-42(43)19-22(4-2)24(17-33(38)42)27(20-44-37)36(38)41/h3-12,20,24-25,31-34,36-37,39H,13-19H2,1-2H3/b21-3-,22-4+/t24-,25-,31-,32-,33-,34?,36-,37-,38+,42?/m0/s1. The number of nitrogens with one attached hydrogen (secondary N) is 1. The molecule has 3 unspecified atom stereocenters. The highest BCUT2D eigenvalue weighted by Gasteiger charge is 2.73. The summed E-state index contributed by atoms with van der Waals surface area (Å²) in [6.45, 7) is 6.80. The van der Waals surface area contributed by atoms with Gasteiger partial charge in [0.1, 0.15) is 12.6 Å². The van der Waals surface area contributed by atoms with E-state index in [4.69, 9.17) is 4.74 Å². The Morgan fingerprint density at radius 3 is 2.77 bits per heavy atom. The van der Waals surface area contributed by atoms with Crippen molar-refractivity contribution in [3.63, 3.8) is 0 Å². The lowest BCUT2D eigenvalue weighted by Crippen LogP contribution is -2.70. The summed E-state index contributed by atoms with van der Waals surface area (Å²) in [5, 5.41) is 16.0. The Balaban J connectivity index is 1.10. The predicted octanol–water partition coefficient (Wildman–Crippen LogP) is 6.47. The van der Waals surface area contributed by atoms with Crippen LogP contribution in [0.1, 0.15) is 56.0 Å². The van der Waals surface area contributed by atoms with E-state index in [0.29, 0.717) is 36.4 Å². The van der Waals surface area contributed by atoms with E-state index in [2.05, 4.69) is 95.6 Å². The third kappa shape index (κ3) is 2.66. The van der Waals surface area contributed by atoms with Crippen molar-refractivity contribution in [3.05, 3.63) is 106 Å². The minimum atomic E-state index is -0.127. The Labute approximate surface area is 258 Å². The van der Waals surface area contributed by atoms with Crippen LogP contribution in [-0.4, -0.2) is 58.5 Å². The first-order valence-corrected chi connectivity index (χ1v) is 17.0. The smallest absolute Gasteiger partial charge is 0.176 e. The fourth-order valence-corrected chi connectivity index (χ4v) is 12.3. The zero-order valence-corrected chi connectivity index (χ0v) is 25.6. The van der Waals surface area contributed by atoms with Gasteiger partial charge in [-0.25, -0.2) is 0 Å². The van der Waals surface area contributed by atoms with Crippen molar-refractivity contribution in [1.29, 1.82) is 0 Å². The molecule has 1 N–H and O–H groups in total. The number of quaternary nitrogens is 1. The van der Waals surface area contributed by atoms with Crippen molar-refractivity contribution in [2.75, 3.05) is 24.5 Å². The maximum atomic E-state index is 14.6. The number of para-hydroxylation sites is 2. The summed E-state index contributed by atoms with van der Waals surface area (Å²) in [5.41, 5.74) is 11.2. The Morgan fingerprint density at radius 1 is 1.05 bits per heavy atom. The number of nitrogens with zero attached hydrogens (tertiary/aromatic N) is 3. The minimum absolute atomic E-state index is 0.0378. The van der Waals surface area contributed by atoms with E-state index in [-0.39, 0.29) is 28.4 Å². The molecule has 44 heavy (non-hydrogen) atoms. The SMILES string of the molecule is C/C=C1\C[N+]2([O-])CC[C@]34c5ccccc5N5[C@H]3C(=CO[C@H]5C3[C@H]5C[C@H]6c7[nH]c8ccccc8c7C[C@@H]3N6C/C5=C/C)[C@H]1C[C@@H]42. The zero-order valence-electron chi connectivity index (χ0n) is 25.6. The monoisotopic (exact) mass is 584 g/mol. The van der Waals surface area contributed by atoms with Crippen LogP contribution >= 0.6 is 0 Å². The number of aromatic nitrogens is 1. The number of ether oxygens (including phenoxy) is 1. The first-order valence-electron chi connectivity index (χ1n) is 17.0. The number of hydrogen-bond donors (Lipinski definition) is 1. The van der Waals surface area contributed by atoms with Gasteiger partial charge in [0.15, 0.2) is 6.23 Å². The van der Waals surface area contributed by atoms with Crippen LogP contribution in [0, 0.1) is 23.0 Å². The van der Waals surface area contributed by atoms with Crippen molar-refractivity contribution in [3.8, 4) is 0 Å². The van der Waals surface area contributed by atoms with Crippen LogP contribution in [0.15, 0.2) is 83.7 Å². The van der Waals surface area contributed by atoms with Gasteiger partial charge in [0.2, 0.25) is 0 Å². The van der Waals surface area contributed by atoms with Gasteiger partial charge in [-0.1, -0.05) is 54.1 Å². The van der Waals surface area contributed by atoms with Gasteiger partial charge in [0.05, 0.1) is 30.3 Å². The van der Waals surface area contributed by atoms with Crippen LogP contribution in [0.3, 0.4) is 0 Å². The number of piperidine rings is 4. The highest BCUT2D eigenvalue weighted by molar-refractivity contribution is 5.85. The second-order valence-corrected chi connectivity index (χ2v) is 15.1. The molecule has 6 nitrogen and oxygen atoms in total. The van der Waals surface area contributed by atoms with Gasteiger partial charge >= 0.3 is 0 Å². The first kappa shape index (κ1) is 24.9. The number of rotatable bonds is 1. The Bertz CT molecular complexity index is 1870. The fraction of sp³-hybridized carbons (Fsp3) is 0.474. The third-order valence-electron chi connectivity index (χ3n) is 13.9. The summed E-state index contributed by atoms with van der Waals surface area (Å²) < 4.78 is 7.13. The van der Waals surface area contributed by atoms with Crippen LogP contribution in [0.5, 0.6) is 0 Å². The molecule has 9 aliphatic rings. The molecule has 6 heteroatoms. The van der Waals surface area contributed by atoms with Crippen molar-refractivity contribution < 1.29 is 9.38 Å². The maximum absolute atomic E-state index is 14.6. The Hall–Kier alpha value is -3.32. The number of fused-ring (bicyclic) bond motifs is 8. The van der Waals surface area contributed by atoms with Gasteiger partial charge in [0, 0.05) is 59.5 Å². The fourth-order valence-electron chi connectivity index (χ4n) is 12.3. The topological polar surface area (TPSA) is 54.6 Å². The van der Waals surface area contributed by atoms with Crippen LogP contribution < -0.4 is 4.90 Å². The van der Waals surface area contributed by atoms with E-state index in [9.17, 15) is 5.21 Å². The van der Waals surface area contributed by atoms with Crippen LogP contribution in [0.4, 0.5) is 5.69 Å². The Kier molecular flexibility index (Phi) is 4.58. The molecular formula is C38H40N4O2. The van der Waals surface area contributed by atoms with Gasteiger partial charge in [-0.3, -0.25) is 4.90 Å². The van der Waals surface area contributed by atoms with Crippen LogP contribution in [0.25, 0.3) is 10.9 Å². The molecule has 1 saturated carbocycles. The molecule has 1 aliphatic carbocycles. The van der Waals surface area contributed by atoms with Gasteiger partial charge in [-0.15, -0.1) is 0 Å². The molecule has 8 aliphatic heterocycles. The second kappa shape index (κ2) is 8.09. The second-order valence-electron chi connectivity index (χ2n) is 15.1. The van der Waals surface area contributed by atoms with E-state index >= 15 is 0 Å². The number of H-pyrrole nitrogens is 1. The highest BCUT2D eigenvalue weighted by Crippen LogP contribution is 2.67. The first-order chi connectivity index (χ1) is 21.6. The number of anilines is 1. The summed E-state index contributed by atoms with van der Waals surface area (Å²) >= 11 is 0. The van der Waals surface area contributed by atoms with Crippen molar-refractivity contribution in [2.24, 2.45) is 17.8 Å². The average Bonchev–Trinajstić information content (AvgIpc) is 3.70. The molecule has 0 amide bonds. The zero-order chi connectivity index (χ0) is 29.1. The molecule has 6 fully saturated rings. The molecule has 224 valence electrons. The van der Waals surface area contributed by atoms with Gasteiger partial charge in [-0.05, 0) is 67.0 Å². The van der Waals surface area contributed by atoms with Crippen molar-refractivity contribution in [2.45, 2.75) is 75.3 Å². The Morgan fingerprint density at radius 2 is 1.89 bits per heavy atom. The molecular weight excluding hydrogens is 544 g/mol. The normalized spacial score (nSPS) is 45.3. The molecule has 0 radical (unpaired) electrons.